The van der Waals surface area contributed by atoms with Crippen LogP contribution in [0.2, 0.25) is 0 Å². The van der Waals surface area contributed by atoms with E-state index < -0.39 is 0 Å². The van der Waals surface area contributed by atoms with Crippen molar-refractivity contribution in [1.82, 2.24) is 14.7 Å². The zero-order chi connectivity index (χ0) is 14.2. The van der Waals surface area contributed by atoms with Gasteiger partial charge in [0.2, 0.25) is 0 Å². The molecule has 1 aliphatic rings. The first kappa shape index (κ1) is 12.2. The highest BCUT2D eigenvalue weighted by Gasteiger charge is 2.26. The molecule has 5 nitrogen and oxygen atoms in total. The highest BCUT2D eigenvalue weighted by atomic mass is 16.5. The molecule has 21 heavy (non-hydrogen) atoms. The maximum Gasteiger partial charge on any atom is 0.252 e. The first-order valence-corrected chi connectivity index (χ1v) is 7.04. The standard InChI is InChI=1S/C16H15N3O2/c20-16-8-15(21-18-16)12-3-4-13(9-19-6-5-17-10-19)14(7-12)11-1-2-11/h3-8,10-11H,1-2,9H2,(H,18,20). The van der Waals surface area contributed by atoms with Crippen LogP contribution >= 0.6 is 0 Å². The van der Waals surface area contributed by atoms with Gasteiger partial charge in [0.25, 0.3) is 5.88 Å². The summed E-state index contributed by atoms with van der Waals surface area (Å²) in [6.07, 6.45) is 8.07. The molecule has 0 bridgehead atoms. The topological polar surface area (TPSA) is 64.1 Å². The Hall–Kier alpha value is -2.56. The van der Waals surface area contributed by atoms with Gasteiger partial charge in [0.05, 0.1) is 6.33 Å². The Kier molecular flexibility index (Phi) is 2.77. The minimum atomic E-state index is -0.0829. The molecule has 0 atom stereocenters. The number of benzene rings is 1. The molecule has 3 aromatic rings. The van der Waals surface area contributed by atoms with Crippen molar-refractivity contribution in [3.8, 4) is 17.2 Å². The van der Waals surface area contributed by atoms with Crippen molar-refractivity contribution in [3.05, 3.63) is 54.1 Å². The van der Waals surface area contributed by atoms with E-state index in [1.165, 1.54) is 24.0 Å². The SMILES string of the molecule is Oc1cc(-c2ccc(Cn3ccnc3)c(C3CC3)c2)on1. The van der Waals surface area contributed by atoms with Crippen LogP contribution in [0, 0.1) is 0 Å². The fourth-order valence-electron chi connectivity index (χ4n) is 2.65. The van der Waals surface area contributed by atoms with Crippen LogP contribution in [-0.2, 0) is 6.54 Å². The van der Waals surface area contributed by atoms with Crippen molar-refractivity contribution >= 4 is 0 Å². The molecule has 5 heteroatoms. The lowest BCUT2D eigenvalue weighted by Crippen LogP contribution is -2.00. The molecule has 0 radical (unpaired) electrons. The van der Waals surface area contributed by atoms with Gasteiger partial charge in [-0.05, 0) is 41.1 Å². The first-order chi connectivity index (χ1) is 10.3. The van der Waals surface area contributed by atoms with Crippen LogP contribution in [0.5, 0.6) is 5.88 Å². The lowest BCUT2D eigenvalue weighted by atomic mass is 9.99. The highest BCUT2D eigenvalue weighted by molar-refractivity contribution is 5.61. The normalized spacial score (nSPS) is 14.5. The van der Waals surface area contributed by atoms with Gasteiger partial charge in [-0.1, -0.05) is 12.1 Å². The van der Waals surface area contributed by atoms with E-state index in [-0.39, 0.29) is 5.88 Å². The third-order valence-electron chi connectivity index (χ3n) is 3.86. The lowest BCUT2D eigenvalue weighted by Gasteiger charge is -2.11. The Bertz CT molecular complexity index is 758. The molecule has 1 N–H and O–H groups in total. The molecule has 2 aromatic heterocycles. The predicted molar refractivity (Wildman–Crippen MR) is 76.9 cm³/mol. The Balaban J connectivity index is 1.71. The van der Waals surface area contributed by atoms with Crippen LogP contribution in [0.4, 0.5) is 0 Å². The van der Waals surface area contributed by atoms with Crippen LogP contribution < -0.4 is 0 Å². The summed E-state index contributed by atoms with van der Waals surface area (Å²) < 4.78 is 7.21. The zero-order valence-electron chi connectivity index (χ0n) is 11.4. The third-order valence-corrected chi connectivity index (χ3v) is 3.86. The molecule has 1 aromatic carbocycles. The molecule has 0 aliphatic heterocycles. The molecule has 2 heterocycles. The average molecular weight is 281 g/mol. The molecule has 106 valence electrons. The van der Waals surface area contributed by atoms with E-state index in [0.29, 0.717) is 11.7 Å². The summed E-state index contributed by atoms with van der Waals surface area (Å²) in [5, 5.41) is 12.9. The summed E-state index contributed by atoms with van der Waals surface area (Å²) in [6, 6.07) is 7.84. The van der Waals surface area contributed by atoms with Crippen molar-refractivity contribution in [3.63, 3.8) is 0 Å². The van der Waals surface area contributed by atoms with Gasteiger partial charge in [-0.3, -0.25) is 0 Å². The molecule has 0 unspecified atom stereocenters. The smallest absolute Gasteiger partial charge is 0.252 e. The maximum absolute atomic E-state index is 9.32. The number of rotatable bonds is 4. The molecule has 0 saturated heterocycles. The molecule has 1 fully saturated rings. The van der Waals surface area contributed by atoms with E-state index in [1.54, 1.807) is 12.3 Å². The zero-order valence-corrected chi connectivity index (χ0v) is 11.4. The van der Waals surface area contributed by atoms with E-state index >= 15 is 0 Å². The lowest BCUT2D eigenvalue weighted by molar-refractivity contribution is 0.365. The van der Waals surface area contributed by atoms with E-state index in [0.717, 1.165) is 12.1 Å². The van der Waals surface area contributed by atoms with Crippen molar-refractivity contribution in [1.29, 1.82) is 0 Å². The van der Waals surface area contributed by atoms with E-state index in [1.807, 2.05) is 18.6 Å². The number of imidazole rings is 1. The quantitative estimate of drug-likeness (QED) is 0.797. The fraction of sp³-hybridized carbons (Fsp3) is 0.250. The summed E-state index contributed by atoms with van der Waals surface area (Å²) in [5.41, 5.74) is 3.62. The van der Waals surface area contributed by atoms with Crippen LogP contribution in [0.3, 0.4) is 0 Å². The summed E-state index contributed by atoms with van der Waals surface area (Å²) in [6.45, 7) is 0.827. The maximum atomic E-state index is 9.32. The number of aromatic nitrogens is 3. The Labute approximate surface area is 121 Å². The minimum Gasteiger partial charge on any atom is -0.491 e. The second-order valence-electron chi connectivity index (χ2n) is 5.47. The van der Waals surface area contributed by atoms with Crippen molar-refractivity contribution < 1.29 is 9.63 Å². The van der Waals surface area contributed by atoms with Crippen molar-refractivity contribution in [2.75, 3.05) is 0 Å². The second kappa shape index (κ2) is 4.77. The second-order valence-corrected chi connectivity index (χ2v) is 5.47. The molecule has 0 amide bonds. The Morgan fingerprint density at radius 2 is 2.19 bits per heavy atom. The van der Waals surface area contributed by atoms with Gasteiger partial charge in [0.15, 0.2) is 5.76 Å². The summed E-state index contributed by atoms with van der Waals surface area (Å²) >= 11 is 0. The van der Waals surface area contributed by atoms with Crippen LogP contribution in [0.15, 0.2) is 47.5 Å². The highest BCUT2D eigenvalue weighted by Crippen LogP contribution is 2.43. The summed E-state index contributed by atoms with van der Waals surface area (Å²) in [4.78, 5) is 4.09. The Morgan fingerprint density at radius 3 is 2.86 bits per heavy atom. The summed E-state index contributed by atoms with van der Waals surface area (Å²) in [5.74, 6) is 1.16. The number of aromatic hydroxyl groups is 1. The molecule has 1 aliphatic carbocycles. The third kappa shape index (κ3) is 2.42. The molecular formula is C16H15N3O2. The van der Waals surface area contributed by atoms with E-state index in [2.05, 4.69) is 26.8 Å². The van der Waals surface area contributed by atoms with Crippen LogP contribution in [0.25, 0.3) is 11.3 Å². The Morgan fingerprint density at radius 1 is 1.29 bits per heavy atom. The van der Waals surface area contributed by atoms with Crippen LogP contribution in [-0.4, -0.2) is 19.8 Å². The van der Waals surface area contributed by atoms with Crippen LogP contribution in [0.1, 0.15) is 29.9 Å². The fourth-order valence-corrected chi connectivity index (χ4v) is 2.65. The van der Waals surface area contributed by atoms with E-state index in [9.17, 15) is 5.11 Å². The predicted octanol–water partition coefficient (Wildman–Crippen LogP) is 3.17. The van der Waals surface area contributed by atoms with Gasteiger partial charge < -0.3 is 14.2 Å². The van der Waals surface area contributed by atoms with Gasteiger partial charge in [0.1, 0.15) is 0 Å². The van der Waals surface area contributed by atoms with Gasteiger partial charge in [0, 0.05) is 30.6 Å². The van der Waals surface area contributed by atoms with Gasteiger partial charge >= 0.3 is 0 Å². The average Bonchev–Trinajstić information content (AvgIpc) is 3.03. The molecule has 1 saturated carbocycles. The number of nitrogens with zero attached hydrogens (tertiary/aromatic N) is 3. The van der Waals surface area contributed by atoms with Crippen molar-refractivity contribution in [2.24, 2.45) is 0 Å². The number of hydrogen-bond donors (Lipinski definition) is 1. The number of hydrogen-bond acceptors (Lipinski definition) is 4. The molecular weight excluding hydrogens is 266 g/mol. The largest absolute Gasteiger partial charge is 0.491 e. The molecule has 4 rings (SSSR count). The monoisotopic (exact) mass is 281 g/mol. The summed E-state index contributed by atoms with van der Waals surface area (Å²) in [7, 11) is 0. The van der Waals surface area contributed by atoms with E-state index in [4.69, 9.17) is 4.52 Å². The first-order valence-electron chi connectivity index (χ1n) is 7.04. The minimum absolute atomic E-state index is 0.0829. The van der Waals surface area contributed by atoms with Gasteiger partial charge in [-0.2, -0.15) is 0 Å². The van der Waals surface area contributed by atoms with Gasteiger partial charge in [-0.25, -0.2) is 4.98 Å². The molecule has 0 spiro atoms. The van der Waals surface area contributed by atoms with Crippen molar-refractivity contribution in [2.45, 2.75) is 25.3 Å². The van der Waals surface area contributed by atoms with Gasteiger partial charge in [-0.15, -0.1) is 0 Å².